The Morgan fingerprint density at radius 2 is 0.725 bits per heavy atom. The van der Waals surface area contributed by atoms with Crippen molar-refractivity contribution >= 4 is 65.4 Å². The van der Waals surface area contributed by atoms with Crippen LogP contribution in [-0.2, 0) is 0 Å². The van der Waals surface area contributed by atoms with Crippen molar-refractivity contribution in [3.8, 4) is 28.2 Å². The fourth-order valence-electron chi connectivity index (χ4n) is 8.31. The molecular weight excluding hydrogens is 621 g/mol. The molecule has 0 atom stereocenters. The Bertz CT molecular complexity index is 3090. The highest BCUT2D eigenvalue weighted by Gasteiger charge is 2.19. The minimum Gasteiger partial charge on any atom is -0.309 e. The molecule has 51 heavy (non-hydrogen) atoms. The van der Waals surface area contributed by atoms with Gasteiger partial charge in [-0.2, -0.15) is 0 Å². The minimum atomic E-state index is 1.09. The molecule has 11 rings (SSSR count). The van der Waals surface area contributed by atoms with Gasteiger partial charge in [-0.1, -0.05) is 97.1 Å². The molecule has 0 aliphatic heterocycles. The number of fused-ring (bicyclic) bond motifs is 9. The third-order valence-electron chi connectivity index (χ3n) is 10.5. The van der Waals surface area contributed by atoms with Crippen LogP contribution in [0.3, 0.4) is 0 Å². The number of pyridine rings is 1. The highest BCUT2D eigenvalue weighted by molar-refractivity contribution is 6.19. The summed E-state index contributed by atoms with van der Waals surface area (Å²) < 4.78 is 7.15. The van der Waals surface area contributed by atoms with E-state index in [1.807, 2.05) is 12.4 Å². The molecule has 0 saturated heterocycles. The first-order valence-corrected chi connectivity index (χ1v) is 17.4. The van der Waals surface area contributed by atoms with Gasteiger partial charge in [-0.05, 0) is 83.9 Å². The largest absolute Gasteiger partial charge is 0.309 e. The van der Waals surface area contributed by atoms with Crippen LogP contribution in [0.1, 0.15) is 0 Å². The van der Waals surface area contributed by atoms with Crippen LogP contribution < -0.4 is 0 Å². The van der Waals surface area contributed by atoms with Crippen LogP contribution in [0, 0.1) is 0 Å². The van der Waals surface area contributed by atoms with E-state index >= 15 is 0 Å². The number of aromatic nitrogens is 4. The molecule has 0 amide bonds. The number of nitrogens with zero attached hydrogens (tertiary/aromatic N) is 4. The van der Waals surface area contributed by atoms with E-state index in [2.05, 4.69) is 189 Å². The summed E-state index contributed by atoms with van der Waals surface area (Å²) in [5.74, 6) is 0. The monoisotopic (exact) mass is 650 g/mol. The van der Waals surface area contributed by atoms with Gasteiger partial charge in [-0.3, -0.25) is 4.98 Å². The number of rotatable bonds is 4. The lowest BCUT2D eigenvalue weighted by atomic mass is 10.0. The fraction of sp³-hybridized carbons (Fsp3) is 0. The standard InChI is InChI=1S/C47H30N4/c1-2-14-33(15-3-1)49-44-23-9-6-20-38(44)40-28-46-41(29-45(40)49)39-24-25-48-30-47(39)51(46)35-17-11-13-32(27-35)31-12-10-16-34(26-31)50-42-21-7-4-18-36(42)37-19-5-8-22-43(37)50/h1-30H. The molecule has 0 N–H and O–H groups in total. The average Bonchev–Trinajstić information content (AvgIpc) is 3.83. The molecule has 0 bridgehead atoms. The molecule has 0 aliphatic carbocycles. The van der Waals surface area contributed by atoms with Gasteiger partial charge < -0.3 is 13.7 Å². The first kappa shape index (κ1) is 28.0. The second kappa shape index (κ2) is 10.8. The van der Waals surface area contributed by atoms with E-state index in [9.17, 15) is 0 Å². The molecule has 0 spiro atoms. The predicted octanol–water partition coefficient (Wildman–Crippen LogP) is 12.0. The Morgan fingerprint density at radius 1 is 0.294 bits per heavy atom. The van der Waals surface area contributed by atoms with Gasteiger partial charge in [0.25, 0.3) is 0 Å². The Balaban J connectivity index is 1.12. The van der Waals surface area contributed by atoms with E-state index in [0.29, 0.717) is 0 Å². The van der Waals surface area contributed by atoms with E-state index in [0.717, 1.165) is 33.7 Å². The van der Waals surface area contributed by atoms with Crippen molar-refractivity contribution in [1.82, 2.24) is 18.7 Å². The van der Waals surface area contributed by atoms with Crippen molar-refractivity contribution in [2.45, 2.75) is 0 Å². The van der Waals surface area contributed by atoms with Gasteiger partial charge in [0.1, 0.15) is 0 Å². The third-order valence-corrected chi connectivity index (χ3v) is 10.5. The van der Waals surface area contributed by atoms with Gasteiger partial charge in [-0.25, -0.2) is 0 Å². The van der Waals surface area contributed by atoms with E-state index in [1.165, 1.54) is 59.9 Å². The zero-order valence-corrected chi connectivity index (χ0v) is 27.6. The van der Waals surface area contributed by atoms with Gasteiger partial charge in [0.2, 0.25) is 0 Å². The van der Waals surface area contributed by atoms with E-state index in [-0.39, 0.29) is 0 Å². The van der Waals surface area contributed by atoms with Gasteiger partial charge in [-0.15, -0.1) is 0 Å². The van der Waals surface area contributed by atoms with Crippen molar-refractivity contribution in [1.29, 1.82) is 0 Å². The summed E-state index contributed by atoms with van der Waals surface area (Å²) >= 11 is 0. The lowest BCUT2D eigenvalue weighted by Crippen LogP contribution is -1.96. The number of hydrogen-bond acceptors (Lipinski definition) is 1. The lowest BCUT2D eigenvalue weighted by Gasteiger charge is -2.13. The molecule has 4 nitrogen and oxygen atoms in total. The maximum absolute atomic E-state index is 4.61. The zero-order chi connectivity index (χ0) is 33.5. The van der Waals surface area contributed by atoms with Crippen LogP contribution in [-0.4, -0.2) is 18.7 Å². The lowest BCUT2D eigenvalue weighted by molar-refractivity contribution is 1.16. The summed E-state index contributed by atoms with van der Waals surface area (Å²) in [7, 11) is 0. The molecule has 4 heterocycles. The van der Waals surface area contributed by atoms with Crippen LogP contribution in [0.25, 0.3) is 93.6 Å². The Kier molecular flexibility index (Phi) is 5.92. The molecule has 7 aromatic carbocycles. The Morgan fingerprint density at radius 3 is 1.29 bits per heavy atom. The van der Waals surface area contributed by atoms with Crippen LogP contribution >= 0.6 is 0 Å². The van der Waals surface area contributed by atoms with E-state index < -0.39 is 0 Å². The van der Waals surface area contributed by atoms with Crippen molar-refractivity contribution < 1.29 is 0 Å². The van der Waals surface area contributed by atoms with Gasteiger partial charge in [0.05, 0.1) is 39.3 Å². The minimum absolute atomic E-state index is 1.09. The maximum atomic E-state index is 4.61. The third kappa shape index (κ3) is 4.11. The average molecular weight is 651 g/mol. The first-order valence-electron chi connectivity index (χ1n) is 17.4. The summed E-state index contributed by atoms with van der Waals surface area (Å²) in [5, 5.41) is 7.39. The maximum Gasteiger partial charge on any atom is 0.0724 e. The molecule has 0 fully saturated rings. The zero-order valence-electron chi connectivity index (χ0n) is 27.6. The second-order valence-electron chi connectivity index (χ2n) is 13.3. The molecule has 0 saturated carbocycles. The van der Waals surface area contributed by atoms with Gasteiger partial charge >= 0.3 is 0 Å². The predicted molar refractivity (Wildman–Crippen MR) is 213 cm³/mol. The van der Waals surface area contributed by atoms with Crippen molar-refractivity contribution in [2.75, 3.05) is 0 Å². The van der Waals surface area contributed by atoms with Gasteiger partial charge in [0, 0.05) is 55.6 Å². The summed E-state index contributed by atoms with van der Waals surface area (Å²) in [6, 6.07) is 61.5. The Labute approximate surface area is 293 Å². The summed E-state index contributed by atoms with van der Waals surface area (Å²) in [4.78, 5) is 4.61. The highest BCUT2D eigenvalue weighted by atomic mass is 15.0. The Hall–Kier alpha value is -6.91. The van der Waals surface area contributed by atoms with Crippen LogP contribution in [0.5, 0.6) is 0 Å². The van der Waals surface area contributed by atoms with E-state index in [4.69, 9.17) is 0 Å². The van der Waals surface area contributed by atoms with Crippen LogP contribution in [0.2, 0.25) is 0 Å². The molecule has 0 aliphatic rings. The molecule has 0 radical (unpaired) electrons. The SMILES string of the molecule is c1ccc(-n2c3ccccc3c3cc4c(cc32)c2ccncc2n4-c2cccc(-c3cccc(-n4c5ccccc5c5ccccc54)c3)c2)cc1. The van der Waals surface area contributed by atoms with E-state index in [1.54, 1.807) is 0 Å². The second-order valence-corrected chi connectivity index (χ2v) is 13.3. The summed E-state index contributed by atoms with van der Waals surface area (Å²) in [6.07, 6.45) is 3.90. The molecule has 0 unspecified atom stereocenters. The molecule has 11 aromatic rings. The fourth-order valence-corrected chi connectivity index (χ4v) is 8.31. The normalized spacial score (nSPS) is 11.9. The first-order chi connectivity index (χ1) is 25.3. The smallest absolute Gasteiger partial charge is 0.0724 e. The van der Waals surface area contributed by atoms with Crippen molar-refractivity contribution in [3.63, 3.8) is 0 Å². The van der Waals surface area contributed by atoms with Gasteiger partial charge in [0.15, 0.2) is 0 Å². The molecule has 4 aromatic heterocycles. The molecule has 4 heteroatoms. The quantitative estimate of drug-likeness (QED) is 0.186. The number of hydrogen-bond donors (Lipinski definition) is 0. The molecular formula is C47H30N4. The highest BCUT2D eigenvalue weighted by Crippen LogP contribution is 2.40. The molecule has 238 valence electrons. The van der Waals surface area contributed by atoms with Crippen LogP contribution in [0.15, 0.2) is 182 Å². The van der Waals surface area contributed by atoms with Crippen molar-refractivity contribution in [2.24, 2.45) is 0 Å². The van der Waals surface area contributed by atoms with Crippen molar-refractivity contribution in [3.05, 3.63) is 182 Å². The summed E-state index contributed by atoms with van der Waals surface area (Å²) in [6.45, 7) is 0. The van der Waals surface area contributed by atoms with Crippen LogP contribution in [0.4, 0.5) is 0 Å². The number of benzene rings is 7. The summed E-state index contributed by atoms with van der Waals surface area (Å²) in [5.41, 5.74) is 12.8. The topological polar surface area (TPSA) is 27.7 Å². The number of para-hydroxylation sites is 4.